The maximum Gasteiger partial charge on any atom is 0.288 e. The molecule has 1 unspecified atom stereocenters. The van der Waals surface area contributed by atoms with Crippen molar-refractivity contribution in [1.82, 2.24) is 0 Å². The zero-order chi connectivity index (χ0) is 18.1. The first-order chi connectivity index (χ1) is 11.1. The molecule has 1 fully saturated rings. The van der Waals surface area contributed by atoms with E-state index in [9.17, 15) is 22.7 Å². The maximum absolute atomic E-state index is 12.4. The highest BCUT2D eigenvalue weighted by Crippen LogP contribution is 2.34. The van der Waals surface area contributed by atoms with Crippen LogP contribution < -0.4 is 4.90 Å². The molecule has 0 radical (unpaired) electrons. The molecule has 1 aliphatic rings. The number of hydrogen-bond donors (Lipinski definition) is 0. The Hall–Kier alpha value is -1.48. The molecule has 0 saturated carbocycles. The normalized spacial score (nSPS) is 20.8. The van der Waals surface area contributed by atoms with Gasteiger partial charge in [0.2, 0.25) is 0 Å². The summed E-state index contributed by atoms with van der Waals surface area (Å²) in [4.78, 5) is 12.1. The third-order valence-electron chi connectivity index (χ3n) is 4.70. The number of anilines is 1. The van der Waals surface area contributed by atoms with Gasteiger partial charge >= 0.3 is 0 Å². The van der Waals surface area contributed by atoms with E-state index in [1.807, 2.05) is 18.7 Å². The Morgan fingerprint density at radius 3 is 2.46 bits per heavy atom. The van der Waals surface area contributed by atoms with E-state index in [4.69, 9.17) is 0 Å². The second-order valence-electron chi connectivity index (χ2n) is 6.04. The number of nitrogens with zero attached hydrogens (tertiary/aromatic N) is 2. The third-order valence-corrected chi connectivity index (χ3v) is 8.05. The van der Waals surface area contributed by atoms with Crippen LogP contribution in [0, 0.1) is 10.1 Å². The molecule has 134 valence electrons. The van der Waals surface area contributed by atoms with Gasteiger partial charge in [0.25, 0.3) is 5.69 Å². The van der Waals surface area contributed by atoms with Gasteiger partial charge in [0.1, 0.15) is 4.90 Å². The first-order valence-corrected chi connectivity index (χ1v) is 11.0. The lowest BCUT2D eigenvalue weighted by Crippen LogP contribution is -2.53. The van der Waals surface area contributed by atoms with Crippen LogP contribution in [0.4, 0.5) is 11.4 Å². The molecule has 0 aromatic heterocycles. The summed E-state index contributed by atoms with van der Waals surface area (Å²) in [5.74, 6) is 0.507. The van der Waals surface area contributed by atoms with Gasteiger partial charge in [0.05, 0.1) is 9.67 Å². The summed E-state index contributed by atoms with van der Waals surface area (Å²) in [6, 6.07) is 4.16. The van der Waals surface area contributed by atoms with E-state index >= 15 is 0 Å². The van der Waals surface area contributed by atoms with Crippen LogP contribution in [-0.2, 0) is 20.6 Å². The van der Waals surface area contributed by atoms with Crippen molar-refractivity contribution in [2.45, 2.75) is 36.3 Å². The van der Waals surface area contributed by atoms with Gasteiger partial charge in [-0.25, -0.2) is 8.42 Å². The van der Waals surface area contributed by atoms with Gasteiger partial charge in [0.15, 0.2) is 9.84 Å². The van der Waals surface area contributed by atoms with E-state index < -0.39 is 31.2 Å². The molecule has 24 heavy (non-hydrogen) atoms. The number of rotatable bonds is 5. The van der Waals surface area contributed by atoms with Crippen molar-refractivity contribution in [2.24, 2.45) is 0 Å². The Bertz CT molecular complexity index is 772. The number of nitro benzene ring substituents is 1. The van der Waals surface area contributed by atoms with E-state index in [-0.39, 0.29) is 9.64 Å². The Morgan fingerprint density at radius 1 is 1.33 bits per heavy atom. The Balaban J connectivity index is 2.46. The molecule has 1 atom stereocenters. The highest BCUT2D eigenvalue weighted by Gasteiger charge is 2.39. The zero-order valence-corrected chi connectivity index (χ0v) is 15.7. The van der Waals surface area contributed by atoms with Crippen molar-refractivity contribution < 1.29 is 17.6 Å². The van der Waals surface area contributed by atoms with Crippen molar-refractivity contribution in [3.63, 3.8) is 0 Å². The zero-order valence-electron chi connectivity index (χ0n) is 14.0. The molecular formula is C15H22N2O5S2. The van der Waals surface area contributed by atoms with Crippen LogP contribution >= 0.6 is 0 Å². The molecule has 2 rings (SSSR count). The standard InChI is InChI=1S/C15H22N2O5S2/c1-4-15(5-2)11-16(8-9-23(15)20)12-6-7-13(17(18)19)14(10-12)24(3,21)22/h6-7,10H,4-5,8-9,11H2,1-3H3. The second-order valence-corrected chi connectivity index (χ2v) is 9.99. The average Bonchev–Trinajstić information content (AvgIpc) is 2.54. The van der Waals surface area contributed by atoms with Crippen molar-refractivity contribution in [3.8, 4) is 0 Å². The van der Waals surface area contributed by atoms with Crippen LogP contribution in [0.25, 0.3) is 0 Å². The van der Waals surface area contributed by atoms with E-state index in [0.717, 1.165) is 19.1 Å². The molecule has 1 aromatic carbocycles. The van der Waals surface area contributed by atoms with Gasteiger partial charge in [-0.3, -0.25) is 14.3 Å². The first kappa shape index (κ1) is 18.9. The summed E-state index contributed by atoms with van der Waals surface area (Å²) >= 11 is 0. The van der Waals surface area contributed by atoms with Gasteiger partial charge in [-0.15, -0.1) is 0 Å². The molecule has 9 heteroatoms. The lowest BCUT2D eigenvalue weighted by atomic mass is 10.0. The predicted molar refractivity (Wildman–Crippen MR) is 94.7 cm³/mol. The molecular weight excluding hydrogens is 352 g/mol. The van der Waals surface area contributed by atoms with E-state index in [2.05, 4.69) is 0 Å². The van der Waals surface area contributed by atoms with Gasteiger partial charge in [-0.05, 0) is 25.0 Å². The fraction of sp³-hybridized carbons (Fsp3) is 0.600. The minimum Gasteiger partial charge on any atom is -0.369 e. The Labute approximate surface area is 144 Å². The largest absolute Gasteiger partial charge is 0.369 e. The molecule has 0 amide bonds. The monoisotopic (exact) mass is 374 g/mol. The van der Waals surface area contributed by atoms with Gasteiger partial charge in [-0.2, -0.15) is 0 Å². The van der Waals surface area contributed by atoms with Crippen molar-refractivity contribution in [3.05, 3.63) is 28.3 Å². The van der Waals surface area contributed by atoms with Crippen molar-refractivity contribution >= 4 is 32.0 Å². The topological polar surface area (TPSA) is 97.6 Å². The maximum atomic E-state index is 12.4. The summed E-state index contributed by atoms with van der Waals surface area (Å²) in [6.45, 7) is 5.09. The molecule has 1 saturated heterocycles. The minimum atomic E-state index is -3.72. The SMILES string of the molecule is CCC1(CC)CN(c2ccc([N+](=O)[O-])c(S(C)(=O)=O)c2)CCS1=O. The second kappa shape index (κ2) is 6.79. The van der Waals surface area contributed by atoms with Crippen molar-refractivity contribution in [2.75, 3.05) is 30.0 Å². The fourth-order valence-electron chi connectivity index (χ4n) is 3.07. The van der Waals surface area contributed by atoms with E-state index in [1.165, 1.54) is 12.1 Å². The fourth-order valence-corrected chi connectivity index (χ4v) is 5.69. The average molecular weight is 374 g/mol. The summed E-state index contributed by atoms with van der Waals surface area (Å²) in [7, 11) is -4.65. The summed E-state index contributed by atoms with van der Waals surface area (Å²) in [6.07, 6.45) is 2.49. The van der Waals surface area contributed by atoms with Crippen LogP contribution in [0.5, 0.6) is 0 Å². The van der Waals surface area contributed by atoms with E-state index in [0.29, 0.717) is 24.5 Å². The predicted octanol–water partition coefficient (Wildman–Crippen LogP) is 2.13. The number of nitro groups is 1. The highest BCUT2D eigenvalue weighted by atomic mass is 32.2. The van der Waals surface area contributed by atoms with Crippen molar-refractivity contribution in [1.29, 1.82) is 0 Å². The van der Waals surface area contributed by atoms with Gasteiger partial charge in [-0.1, -0.05) is 13.8 Å². The molecule has 1 aromatic rings. The quantitative estimate of drug-likeness (QED) is 0.578. The molecule has 7 nitrogen and oxygen atoms in total. The smallest absolute Gasteiger partial charge is 0.288 e. The summed E-state index contributed by atoms with van der Waals surface area (Å²) < 4.78 is 35.9. The molecule has 1 heterocycles. The van der Waals surface area contributed by atoms with Crippen LogP contribution in [0.15, 0.2) is 23.1 Å². The lowest BCUT2D eigenvalue weighted by Gasteiger charge is -2.42. The minimum absolute atomic E-state index is 0.282. The Kier molecular flexibility index (Phi) is 5.34. The molecule has 0 spiro atoms. The number of benzene rings is 1. The van der Waals surface area contributed by atoms with Crippen LogP contribution in [0.2, 0.25) is 0 Å². The van der Waals surface area contributed by atoms with Gasteiger partial charge < -0.3 is 4.90 Å². The van der Waals surface area contributed by atoms with Crippen LogP contribution in [0.3, 0.4) is 0 Å². The Morgan fingerprint density at radius 2 is 1.96 bits per heavy atom. The highest BCUT2D eigenvalue weighted by molar-refractivity contribution is 7.90. The van der Waals surface area contributed by atoms with Crippen LogP contribution in [-0.4, -0.2) is 47.4 Å². The van der Waals surface area contributed by atoms with Crippen LogP contribution in [0.1, 0.15) is 26.7 Å². The van der Waals surface area contributed by atoms with E-state index in [1.54, 1.807) is 6.07 Å². The van der Waals surface area contributed by atoms with Gasteiger partial charge in [0, 0.05) is 47.7 Å². The third kappa shape index (κ3) is 3.46. The number of sulfone groups is 1. The molecule has 0 bridgehead atoms. The molecule has 0 aliphatic carbocycles. The summed E-state index contributed by atoms with van der Waals surface area (Å²) in [5.41, 5.74) is 0.197. The number of hydrogen-bond acceptors (Lipinski definition) is 6. The first-order valence-electron chi connectivity index (χ1n) is 7.76. The molecule has 0 N–H and O–H groups in total. The molecule has 1 aliphatic heterocycles. The summed E-state index contributed by atoms with van der Waals surface area (Å²) in [5, 5.41) is 11.1. The lowest BCUT2D eigenvalue weighted by molar-refractivity contribution is -0.387.